The summed E-state index contributed by atoms with van der Waals surface area (Å²) in [6.45, 7) is 6.77. The van der Waals surface area contributed by atoms with Gasteiger partial charge in [-0.3, -0.25) is 29.0 Å². The number of rotatable bonds is 6. The minimum Gasteiger partial charge on any atom is -0.473 e. The van der Waals surface area contributed by atoms with Crippen LogP contribution in [-0.2, 0) is 12.0 Å². The number of hydrogen-bond acceptors (Lipinski definition) is 6. The van der Waals surface area contributed by atoms with E-state index in [1.165, 1.54) is 39.6 Å². The number of ether oxygens (including phenoxy) is 1. The lowest BCUT2D eigenvalue weighted by Crippen LogP contribution is -2.50. The van der Waals surface area contributed by atoms with E-state index in [9.17, 15) is 14.0 Å². The number of nitrogens with zero attached hydrogens (tertiary/aromatic N) is 5. The Morgan fingerprint density at radius 3 is 2.58 bits per heavy atom. The molecular formula is C26H27FN6O3. The van der Waals surface area contributed by atoms with Crippen molar-refractivity contribution in [1.82, 2.24) is 29.5 Å². The average molecular weight is 491 g/mol. The van der Waals surface area contributed by atoms with Crippen molar-refractivity contribution in [2.75, 3.05) is 19.8 Å². The SMILES string of the molecule is CC(C)(C)c1ccc(COc2cc(=O)n3[nH]c(-c4cnccn4)c(C(=O)N4CC(CF)C4)c3n2)cc1. The molecule has 1 aliphatic heterocycles. The Bertz CT molecular complexity index is 1450. The largest absolute Gasteiger partial charge is 0.473 e. The van der Waals surface area contributed by atoms with E-state index in [4.69, 9.17) is 4.74 Å². The summed E-state index contributed by atoms with van der Waals surface area (Å²) < 4.78 is 20.0. The van der Waals surface area contributed by atoms with Crippen molar-refractivity contribution < 1.29 is 13.9 Å². The maximum Gasteiger partial charge on any atom is 0.276 e. The van der Waals surface area contributed by atoms with Crippen LogP contribution in [0.15, 0.2) is 53.7 Å². The molecule has 0 atom stereocenters. The average Bonchev–Trinajstić information content (AvgIpc) is 3.22. The molecule has 4 aromatic rings. The molecule has 1 fully saturated rings. The number of H-pyrrole nitrogens is 1. The molecule has 0 radical (unpaired) electrons. The maximum atomic E-state index is 13.4. The van der Waals surface area contributed by atoms with Crippen molar-refractivity contribution in [3.05, 3.63) is 76.0 Å². The number of halogens is 1. The number of likely N-dealkylation sites (tertiary alicyclic amines) is 1. The van der Waals surface area contributed by atoms with Gasteiger partial charge in [0.25, 0.3) is 11.5 Å². The molecule has 1 amide bonds. The van der Waals surface area contributed by atoms with Gasteiger partial charge in [-0.2, -0.15) is 9.50 Å². The predicted molar refractivity (Wildman–Crippen MR) is 132 cm³/mol. The van der Waals surface area contributed by atoms with Gasteiger partial charge in [0.2, 0.25) is 5.88 Å². The van der Waals surface area contributed by atoms with E-state index in [0.717, 1.165) is 5.56 Å². The summed E-state index contributed by atoms with van der Waals surface area (Å²) in [5.41, 5.74) is 2.73. The van der Waals surface area contributed by atoms with Crippen LogP contribution in [0, 0.1) is 5.92 Å². The third kappa shape index (κ3) is 4.46. The molecule has 0 saturated carbocycles. The van der Waals surface area contributed by atoms with Crippen molar-refractivity contribution in [1.29, 1.82) is 0 Å². The molecule has 9 nitrogen and oxygen atoms in total. The first-order chi connectivity index (χ1) is 17.2. The van der Waals surface area contributed by atoms with Crippen LogP contribution in [0.4, 0.5) is 4.39 Å². The van der Waals surface area contributed by atoms with E-state index in [0.29, 0.717) is 24.5 Å². The third-order valence-corrected chi connectivity index (χ3v) is 6.29. The number of fused-ring (bicyclic) bond motifs is 1. The Labute approximate surface area is 207 Å². The fourth-order valence-corrected chi connectivity index (χ4v) is 4.16. The number of aromatic nitrogens is 5. The monoisotopic (exact) mass is 490 g/mol. The Kier molecular flexibility index (Phi) is 6.03. The first-order valence-electron chi connectivity index (χ1n) is 11.7. The number of nitrogens with one attached hydrogen (secondary N) is 1. The molecule has 36 heavy (non-hydrogen) atoms. The van der Waals surface area contributed by atoms with Gasteiger partial charge < -0.3 is 9.64 Å². The summed E-state index contributed by atoms with van der Waals surface area (Å²) in [6, 6.07) is 9.34. The summed E-state index contributed by atoms with van der Waals surface area (Å²) in [7, 11) is 0. The molecule has 4 heterocycles. The standard InChI is InChI=1S/C26H27FN6O3/c1-26(2,3)18-6-4-16(5-7-18)15-36-20-10-21(34)33-24(30-20)22(25(35)32-13-17(11-27)14-32)23(31-33)19-12-28-8-9-29-19/h4-10,12,17,31H,11,13-15H2,1-3H3. The molecule has 1 aromatic carbocycles. The summed E-state index contributed by atoms with van der Waals surface area (Å²) in [6.07, 6.45) is 4.50. The zero-order chi connectivity index (χ0) is 25.4. The molecule has 5 rings (SSSR count). The van der Waals surface area contributed by atoms with E-state index in [-0.39, 0.29) is 40.9 Å². The topological polar surface area (TPSA) is 105 Å². The van der Waals surface area contributed by atoms with Gasteiger partial charge in [0.15, 0.2) is 5.65 Å². The molecule has 0 bridgehead atoms. The highest BCUT2D eigenvalue weighted by atomic mass is 19.1. The summed E-state index contributed by atoms with van der Waals surface area (Å²) in [4.78, 5) is 40.7. The highest BCUT2D eigenvalue weighted by Gasteiger charge is 2.35. The highest BCUT2D eigenvalue weighted by molar-refractivity contribution is 6.05. The molecule has 1 aliphatic rings. The van der Waals surface area contributed by atoms with Crippen LogP contribution in [0.1, 0.15) is 42.3 Å². The molecule has 186 valence electrons. The molecule has 3 aromatic heterocycles. The number of carbonyl (C=O) groups is 1. The van der Waals surface area contributed by atoms with Gasteiger partial charge in [0.05, 0.1) is 24.6 Å². The van der Waals surface area contributed by atoms with E-state index in [1.807, 2.05) is 12.1 Å². The van der Waals surface area contributed by atoms with Crippen LogP contribution in [0.5, 0.6) is 5.88 Å². The van der Waals surface area contributed by atoms with Crippen molar-refractivity contribution in [3.63, 3.8) is 0 Å². The molecule has 0 aliphatic carbocycles. The second-order valence-electron chi connectivity index (χ2n) is 10.0. The van der Waals surface area contributed by atoms with Gasteiger partial charge >= 0.3 is 0 Å². The third-order valence-electron chi connectivity index (χ3n) is 6.29. The first kappa shape index (κ1) is 23.7. The zero-order valence-corrected chi connectivity index (χ0v) is 20.4. The molecular weight excluding hydrogens is 463 g/mol. The van der Waals surface area contributed by atoms with Crippen LogP contribution in [0.3, 0.4) is 0 Å². The van der Waals surface area contributed by atoms with E-state index in [2.05, 4.69) is 53.0 Å². The molecule has 0 spiro atoms. The molecule has 10 heteroatoms. The van der Waals surface area contributed by atoms with Crippen LogP contribution in [0.2, 0.25) is 0 Å². The Morgan fingerprint density at radius 1 is 1.19 bits per heavy atom. The van der Waals surface area contributed by atoms with Gasteiger partial charge in [-0.1, -0.05) is 45.0 Å². The van der Waals surface area contributed by atoms with Gasteiger partial charge in [-0.05, 0) is 16.5 Å². The molecule has 1 saturated heterocycles. The van der Waals surface area contributed by atoms with Crippen LogP contribution < -0.4 is 10.3 Å². The Balaban J connectivity index is 1.50. The predicted octanol–water partition coefficient (Wildman–Crippen LogP) is 3.40. The summed E-state index contributed by atoms with van der Waals surface area (Å²) >= 11 is 0. The van der Waals surface area contributed by atoms with Crippen molar-refractivity contribution in [3.8, 4) is 17.3 Å². The fourth-order valence-electron chi connectivity index (χ4n) is 4.16. The second-order valence-corrected chi connectivity index (χ2v) is 10.0. The number of aromatic amines is 1. The van der Waals surface area contributed by atoms with Gasteiger partial charge in [-0.15, -0.1) is 0 Å². The first-order valence-corrected chi connectivity index (χ1v) is 11.7. The lowest BCUT2D eigenvalue weighted by molar-refractivity contribution is 0.0455. The minimum atomic E-state index is -0.485. The van der Waals surface area contributed by atoms with Crippen LogP contribution >= 0.6 is 0 Å². The normalized spacial score (nSPS) is 14.2. The molecule has 0 unspecified atom stereocenters. The van der Waals surface area contributed by atoms with Crippen LogP contribution in [-0.4, -0.2) is 55.1 Å². The highest BCUT2D eigenvalue weighted by Crippen LogP contribution is 2.28. The minimum absolute atomic E-state index is 0.0411. The van der Waals surface area contributed by atoms with E-state index >= 15 is 0 Å². The van der Waals surface area contributed by atoms with Crippen molar-refractivity contribution >= 4 is 11.6 Å². The van der Waals surface area contributed by atoms with E-state index < -0.39 is 12.2 Å². The second kappa shape index (κ2) is 9.18. The quantitative estimate of drug-likeness (QED) is 0.444. The van der Waals surface area contributed by atoms with E-state index in [1.54, 1.807) is 0 Å². The number of benzene rings is 1. The maximum absolute atomic E-state index is 13.4. The number of amides is 1. The molecule has 1 N–H and O–H groups in total. The summed E-state index contributed by atoms with van der Waals surface area (Å²) in [5, 5.41) is 2.94. The van der Waals surface area contributed by atoms with Gasteiger partial charge in [0, 0.05) is 31.4 Å². The van der Waals surface area contributed by atoms with Crippen molar-refractivity contribution in [2.24, 2.45) is 5.92 Å². The number of hydrogen-bond donors (Lipinski definition) is 1. The Hall–Kier alpha value is -4.08. The van der Waals surface area contributed by atoms with Gasteiger partial charge in [-0.25, -0.2) is 0 Å². The number of alkyl halides is 1. The fraction of sp³-hybridized carbons (Fsp3) is 0.346. The Morgan fingerprint density at radius 2 is 1.94 bits per heavy atom. The van der Waals surface area contributed by atoms with Gasteiger partial charge in [0.1, 0.15) is 17.9 Å². The zero-order valence-electron chi connectivity index (χ0n) is 20.4. The summed E-state index contributed by atoms with van der Waals surface area (Å²) in [5.74, 6) is -0.441. The van der Waals surface area contributed by atoms with Crippen LogP contribution in [0.25, 0.3) is 17.0 Å². The van der Waals surface area contributed by atoms with Crippen molar-refractivity contribution in [2.45, 2.75) is 32.8 Å². The smallest absolute Gasteiger partial charge is 0.276 e. The lowest BCUT2D eigenvalue weighted by atomic mass is 9.87. The number of carbonyl (C=O) groups excluding carboxylic acids is 1. The lowest BCUT2D eigenvalue weighted by Gasteiger charge is -2.37.